The Labute approximate surface area is 283 Å². The number of hydrogen-bond acceptors (Lipinski definition) is 8. The summed E-state index contributed by atoms with van der Waals surface area (Å²) in [5, 5.41) is 15.3. The Bertz CT molecular complexity index is 1450. The standard InChI is InChI=1S/C38H50N4O6/c1-46-26-31-8-7-21-42(31)24-32-22-35(29-17-15-28(25-43)16-18-29)48-38(47-32)30-19-13-27(14-20-30)23-40-36(44)11-3-2-4-12-37(45)41-34-10-6-5-9-33(34)39/h5-6,9-10,13-20,31-32,35,38,43H,2-4,7-8,11-12,21-26,39H2,1H3,(H,40,44)(H,41,45)/t31-,32-,35+,38+/m0/s1. The highest BCUT2D eigenvalue weighted by Gasteiger charge is 2.35. The molecule has 2 amide bonds. The monoisotopic (exact) mass is 658 g/mol. The molecule has 0 unspecified atom stereocenters. The lowest BCUT2D eigenvalue weighted by atomic mass is 9.99. The van der Waals surface area contributed by atoms with Crippen molar-refractivity contribution in [3.05, 3.63) is 95.1 Å². The van der Waals surface area contributed by atoms with Gasteiger partial charge in [-0.2, -0.15) is 0 Å². The van der Waals surface area contributed by atoms with Gasteiger partial charge in [0.05, 0.1) is 36.8 Å². The number of methoxy groups -OCH3 is 1. The quantitative estimate of drug-likeness (QED) is 0.115. The molecule has 2 saturated heterocycles. The van der Waals surface area contributed by atoms with Crippen LogP contribution in [0.1, 0.15) is 86.0 Å². The van der Waals surface area contributed by atoms with Gasteiger partial charge >= 0.3 is 0 Å². The summed E-state index contributed by atoms with van der Waals surface area (Å²) >= 11 is 0. The molecule has 5 rings (SSSR count). The van der Waals surface area contributed by atoms with Crippen LogP contribution >= 0.6 is 0 Å². The van der Waals surface area contributed by atoms with Crippen LogP contribution in [0.15, 0.2) is 72.8 Å². The van der Waals surface area contributed by atoms with E-state index in [0.29, 0.717) is 43.2 Å². The average molecular weight is 659 g/mol. The van der Waals surface area contributed by atoms with E-state index < -0.39 is 6.29 Å². The van der Waals surface area contributed by atoms with Crippen molar-refractivity contribution < 1.29 is 28.9 Å². The van der Waals surface area contributed by atoms with E-state index in [0.717, 1.165) is 74.1 Å². The van der Waals surface area contributed by atoms with E-state index in [2.05, 4.69) is 15.5 Å². The Morgan fingerprint density at radius 3 is 2.35 bits per heavy atom. The van der Waals surface area contributed by atoms with Crippen molar-refractivity contribution >= 4 is 23.2 Å². The van der Waals surface area contributed by atoms with Crippen LogP contribution in [-0.4, -0.2) is 60.8 Å². The lowest BCUT2D eigenvalue weighted by Crippen LogP contribution is -2.42. The second kappa shape index (κ2) is 18.1. The molecular formula is C38H50N4O6. The summed E-state index contributed by atoms with van der Waals surface area (Å²) in [6, 6.07) is 23.6. The zero-order valence-electron chi connectivity index (χ0n) is 27.9. The second-order valence-electron chi connectivity index (χ2n) is 12.8. The number of amides is 2. The van der Waals surface area contributed by atoms with Crippen LogP contribution in [-0.2, 0) is 37.0 Å². The first-order valence-corrected chi connectivity index (χ1v) is 17.1. The number of rotatable bonds is 16. The van der Waals surface area contributed by atoms with Crippen molar-refractivity contribution in [1.29, 1.82) is 0 Å². The molecule has 0 saturated carbocycles. The number of unbranched alkanes of at least 4 members (excludes halogenated alkanes) is 2. The van der Waals surface area contributed by atoms with Gasteiger partial charge in [-0.1, -0.05) is 67.1 Å². The maximum Gasteiger partial charge on any atom is 0.224 e. The number of nitrogens with two attached hydrogens (primary N) is 1. The van der Waals surface area contributed by atoms with Crippen molar-refractivity contribution in [2.24, 2.45) is 0 Å². The minimum Gasteiger partial charge on any atom is -0.397 e. The van der Waals surface area contributed by atoms with Gasteiger partial charge in [0.1, 0.15) is 0 Å². The third-order valence-electron chi connectivity index (χ3n) is 9.20. The van der Waals surface area contributed by atoms with Crippen LogP contribution < -0.4 is 16.4 Å². The number of likely N-dealkylation sites (tertiary alicyclic amines) is 1. The predicted molar refractivity (Wildman–Crippen MR) is 186 cm³/mol. The Hall–Kier alpha value is -3.80. The van der Waals surface area contributed by atoms with Gasteiger partial charge in [-0.25, -0.2) is 0 Å². The Kier molecular flexibility index (Phi) is 13.4. The van der Waals surface area contributed by atoms with Crippen molar-refractivity contribution in [3.63, 3.8) is 0 Å². The Balaban J connectivity index is 1.09. The first kappa shape index (κ1) is 35.5. The van der Waals surface area contributed by atoms with E-state index >= 15 is 0 Å². The molecule has 2 aliphatic heterocycles. The molecule has 48 heavy (non-hydrogen) atoms. The topological polar surface area (TPSA) is 135 Å². The smallest absolute Gasteiger partial charge is 0.224 e. The molecule has 0 aromatic heterocycles. The summed E-state index contributed by atoms with van der Waals surface area (Å²) in [7, 11) is 1.76. The molecule has 10 nitrogen and oxygen atoms in total. The number of nitrogens with one attached hydrogen (secondary N) is 2. The minimum atomic E-state index is -0.523. The van der Waals surface area contributed by atoms with E-state index in [-0.39, 0.29) is 30.6 Å². The second-order valence-corrected chi connectivity index (χ2v) is 12.8. The normalized spacial score (nSPS) is 21.2. The van der Waals surface area contributed by atoms with E-state index in [4.69, 9.17) is 19.9 Å². The van der Waals surface area contributed by atoms with Crippen LogP contribution in [0, 0.1) is 0 Å². The highest BCUT2D eigenvalue weighted by atomic mass is 16.7. The molecule has 5 N–H and O–H groups in total. The molecule has 0 radical (unpaired) electrons. The Morgan fingerprint density at radius 1 is 0.917 bits per heavy atom. The number of benzene rings is 3. The predicted octanol–water partition coefficient (Wildman–Crippen LogP) is 5.62. The highest BCUT2D eigenvalue weighted by molar-refractivity contribution is 5.93. The Morgan fingerprint density at radius 2 is 1.62 bits per heavy atom. The number of nitrogen functional groups attached to an aromatic ring is 1. The van der Waals surface area contributed by atoms with Crippen molar-refractivity contribution in [2.75, 3.05) is 37.9 Å². The summed E-state index contributed by atoms with van der Waals surface area (Å²) in [5.41, 5.74) is 10.9. The van der Waals surface area contributed by atoms with Crippen LogP contribution in [0.5, 0.6) is 0 Å². The average Bonchev–Trinajstić information content (AvgIpc) is 3.54. The summed E-state index contributed by atoms with van der Waals surface area (Å²) in [6.07, 6.45) is 5.39. The van der Waals surface area contributed by atoms with Crippen LogP contribution in [0.25, 0.3) is 0 Å². The molecule has 2 aliphatic rings. The largest absolute Gasteiger partial charge is 0.397 e. The lowest BCUT2D eigenvalue weighted by molar-refractivity contribution is -0.253. The van der Waals surface area contributed by atoms with E-state index in [9.17, 15) is 14.7 Å². The molecule has 3 aromatic rings. The minimum absolute atomic E-state index is 0.00822. The molecule has 2 fully saturated rings. The van der Waals surface area contributed by atoms with Gasteiger partial charge in [0.25, 0.3) is 0 Å². The van der Waals surface area contributed by atoms with E-state index in [1.54, 1.807) is 19.2 Å². The summed E-state index contributed by atoms with van der Waals surface area (Å²) < 4.78 is 18.6. The SMILES string of the molecule is COC[C@@H]1CCCN1C[C@@H]1C[C@H](c2ccc(CO)cc2)O[C@H](c2ccc(CNC(=O)CCCCCC(=O)Nc3ccccc3N)cc2)O1. The zero-order chi connectivity index (χ0) is 33.7. The first-order valence-electron chi connectivity index (χ1n) is 17.1. The third kappa shape index (κ3) is 10.3. The van der Waals surface area contributed by atoms with Gasteiger partial charge in [0, 0.05) is 51.1 Å². The van der Waals surface area contributed by atoms with Crippen LogP contribution in [0.4, 0.5) is 11.4 Å². The summed E-state index contributed by atoms with van der Waals surface area (Å²) in [5.74, 6) is -0.0824. The van der Waals surface area contributed by atoms with Gasteiger partial charge in [0.2, 0.25) is 11.8 Å². The number of hydrogen-bond donors (Lipinski definition) is 4. The number of ether oxygens (including phenoxy) is 3. The molecule has 2 heterocycles. The fourth-order valence-corrected chi connectivity index (χ4v) is 6.46. The lowest BCUT2D eigenvalue weighted by Gasteiger charge is -2.38. The zero-order valence-corrected chi connectivity index (χ0v) is 27.9. The molecule has 0 spiro atoms. The van der Waals surface area contributed by atoms with Crippen molar-refractivity contribution in [1.82, 2.24) is 10.2 Å². The number of carbonyl (C=O) groups excluding carboxylic acids is 2. The molecule has 258 valence electrons. The molecule has 10 heteroatoms. The molecule has 0 bridgehead atoms. The molecule has 4 atom stereocenters. The number of para-hydroxylation sites is 2. The van der Waals surface area contributed by atoms with E-state index in [1.807, 2.05) is 60.7 Å². The number of carbonyl (C=O) groups is 2. The number of nitrogens with zero attached hydrogens (tertiary/aromatic N) is 1. The maximum absolute atomic E-state index is 12.5. The number of aliphatic hydroxyl groups is 1. The van der Waals surface area contributed by atoms with Crippen LogP contribution in [0.2, 0.25) is 0 Å². The third-order valence-corrected chi connectivity index (χ3v) is 9.20. The van der Waals surface area contributed by atoms with Gasteiger partial charge in [-0.15, -0.1) is 0 Å². The van der Waals surface area contributed by atoms with Gasteiger partial charge < -0.3 is 35.7 Å². The molecular weight excluding hydrogens is 608 g/mol. The number of aliphatic hydroxyl groups excluding tert-OH is 1. The summed E-state index contributed by atoms with van der Waals surface area (Å²) in [6.45, 7) is 3.03. The van der Waals surface area contributed by atoms with Crippen LogP contribution in [0.3, 0.4) is 0 Å². The maximum atomic E-state index is 12.5. The highest BCUT2D eigenvalue weighted by Crippen LogP contribution is 2.38. The first-order chi connectivity index (χ1) is 23.4. The fourth-order valence-electron chi connectivity index (χ4n) is 6.46. The van der Waals surface area contributed by atoms with Gasteiger partial charge in [-0.05, 0) is 61.1 Å². The number of anilines is 2. The fraction of sp³-hybridized carbons (Fsp3) is 0.474. The van der Waals surface area contributed by atoms with Crippen molar-refractivity contribution in [3.8, 4) is 0 Å². The van der Waals surface area contributed by atoms with Crippen molar-refractivity contribution in [2.45, 2.75) is 89.1 Å². The van der Waals surface area contributed by atoms with Gasteiger partial charge in [0.15, 0.2) is 6.29 Å². The van der Waals surface area contributed by atoms with E-state index in [1.165, 1.54) is 0 Å². The summed E-state index contributed by atoms with van der Waals surface area (Å²) in [4.78, 5) is 27.2. The molecule has 0 aliphatic carbocycles. The molecule has 3 aromatic carbocycles. The van der Waals surface area contributed by atoms with Gasteiger partial charge in [-0.3, -0.25) is 14.5 Å².